The van der Waals surface area contributed by atoms with E-state index in [1.165, 1.54) is 13.0 Å². The van der Waals surface area contributed by atoms with Crippen molar-refractivity contribution >= 4 is 51.4 Å². The van der Waals surface area contributed by atoms with Crippen LogP contribution >= 0.6 is 0 Å². The monoisotopic (exact) mass is 554 g/mol. The highest BCUT2D eigenvalue weighted by molar-refractivity contribution is 5.98. The predicted octanol–water partition coefficient (Wildman–Crippen LogP) is 6.12. The molecule has 0 aliphatic rings. The van der Waals surface area contributed by atoms with Crippen LogP contribution in [0.4, 0.5) is 22.7 Å². The van der Waals surface area contributed by atoms with Gasteiger partial charge in [0.2, 0.25) is 5.91 Å². The fourth-order valence-electron chi connectivity index (χ4n) is 4.21. The molecule has 4 rings (SSSR count). The van der Waals surface area contributed by atoms with Gasteiger partial charge >= 0.3 is 11.6 Å². The van der Waals surface area contributed by atoms with Gasteiger partial charge in [-0.25, -0.2) is 4.79 Å². The van der Waals surface area contributed by atoms with E-state index in [4.69, 9.17) is 9.15 Å². The first kappa shape index (κ1) is 28.9. The molecule has 0 bridgehead atoms. The quantitative estimate of drug-likeness (QED) is 0.102. The maximum absolute atomic E-state index is 12.3. The van der Waals surface area contributed by atoms with Crippen molar-refractivity contribution in [1.82, 2.24) is 0 Å². The molecule has 210 valence electrons. The number of fused-ring (bicyclic) bond motifs is 1. The Morgan fingerprint density at radius 1 is 0.976 bits per heavy atom. The van der Waals surface area contributed by atoms with E-state index in [9.17, 15) is 19.2 Å². The first-order valence-electron chi connectivity index (χ1n) is 13.1. The Morgan fingerprint density at radius 2 is 1.76 bits per heavy atom. The Kier molecular flexibility index (Phi) is 9.36. The van der Waals surface area contributed by atoms with Crippen molar-refractivity contribution in [3.8, 4) is 0 Å². The van der Waals surface area contributed by atoms with Crippen molar-refractivity contribution in [2.24, 2.45) is 10.2 Å². The minimum Gasteiger partial charge on any atom is -0.457 e. The van der Waals surface area contributed by atoms with Gasteiger partial charge in [0.1, 0.15) is 11.3 Å². The number of azo groups is 1. The van der Waals surface area contributed by atoms with Crippen molar-refractivity contribution in [1.29, 1.82) is 0 Å². The van der Waals surface area contributed by atoms with Gasteiger partial charge in [-0.05, 0) is 49.7 Å². The number of hydrogen-bond donors (Lipinski definition) is 1. The number of nitrogens with one attached hydrogen (secondary N) is 1. The molecule has 0 aliphatic heterocycles. The van der Waals surface area contributed by atoms with E-state index in [1.54, 1.807) is 48.5 Å². The highest BCUT2D eigenvalue weighted by atomic mass is 16.5. The van der Waals surface area contributed by atoms with Crippen LogP contribution in [0.1, 0.15) is 36.2 Å². The summed E-state index contributed by atoms with van der Waals surface area (Å²) in [6.45, 7) is 5.78. The maximum Gasteiger partial charge on any atom is 0.336 e. The number of carbonyl (C=O) groups excluding carboxylic acids is 3. The van der Waals surface area contributed by atoms with Crippen LogP contribution < -0.4 is 15.8 Å². The highest BCUT2D eigenvalue weighted by Gasteiger charge is 2.14. The van der Waals surface area contributed by atoms with Crippen LogP contribution in [-0.4, -0.2) is 37.4 Å². The van der Waals surface area contributed by atoms with Crippen molar-refractivity contribution in [3.63, 3.8) is 0 Å². The lowest BCUT2D eigenvalue weighted by atomic mass is 10.1. The number of ketones is 1. The third kappa shape index (κ3) is 7.72. The SMILES string of the molecule is CCN(CCC(=O)OCC(=O)c1ccccc1)c1ccc(N=Nc2ccc3c(C)cc(=O)oc3c2)c(NC(C)=O)c1. The number of carbonyl (C=O) groups is 3. The molecule has 3 aromatic carbocycles. The highest BCUT2D eigenvalue weighted by Crippen LogP contribution is 2.32. The lowest BCUT2D eigenvalue weighted by Crippen LogP contribution is -2.27. The number of ether oxygens (including phenoxy) is 1. The van der Waals surface area contributed by atoms with Gasteiger partial charge in [0.05, 0.1) is 17.8 Å². The van der Waals surface area contributed by atoms with Crippen LogP contribution in [-0.2, 0) is 14.3 Å². The Hall–Kier alpha value is -5.12. The zero-order valence-electron chi connectivity index (χ0n) is 23.0. The zero-order chi connectivity index (χ0) is 29.4. The van der Waals surface area contributed by atoms with E-state index in [-0.39, 0.29) is 24.7 Å². The Morgan fingerprint density at radius 3 is 2.49 bits per heavy atom. The molecule has 1 heterocycles. The molecule has 0 fully saturated rings. The van der Waals surface area contributed by atoms with Gasteiger partial charge in [-0.2, -0.15) is 5.11 Å². The molecule has 10 nitrogen and oxygen atoms in total. The molecule has 0 saturated heterocycles. The molecule has 0 aliphatic carbocycles. The average Bonchev–Trinajstić information content (AvgIpc) is 2.95. The molecule has 0 spiro atoms. The number of nitrogens with zero attached hydrogens (tertiary/aromatic N) is 3. The second-order valence-corrected chi connectivity index (χ2v) is 9.29. The van der Waals surface area contributed by atoms with Crippen LogP contribution in [0.3, 0.4) is 0 Å². The van der Waals surface area contributed by atoms with E-state index in [0.29, 0.717) is 41.3 Å². The predicted molar refractivity (Wildman–Crippen MR) is 156 cm³/mol. The maximum atomic E-state index is 12.3. The first-order valence-corrected chi connectivity index (χ1v) is 13.1. The van der Waals surface area contributed by atoms with E-state index in [0.717, 1.165) is 16.6 Å². The van der Waals surface area contributed by atoms with Gasteiger partial charge in [-0.1, -0.05) is 30.3 Å². The summed E-state index contributed by atoms with van der Waals surface area (Å²) in [7, 11) is 0. The lowest BCUT2D eigenvalue weighted by molar-refractivity contribution is -0.142. The first-order chi connectivity index (χ1) is 19.7. The number of rotatable bonds is 11. The molecule has 0 radical (unpaired) electrons. The minimum atomic E-state index is -0.485. The number of aryl methyl sites for hydroxylation is 1. The number of anilines is 2. The largest absolute Gasteiger partial charge is 0.457 e. The number of hydrogen-bond acceptors (Lipinski definition) is 9. The summed E-state index contributed by atoms with van der Waals surface area (Å²) >= 11 is 0. The van der Waals surface area contributed by atoms with E-state index in [1.807, 2.05) is 36.9 Å². The minimum absolute atomic E-state index is 0.0738. The van der Waals surface area contributed by atoms with Gasteiger partial charge in [0.15, 0.2) is 12.4 Å². The summed E-state index contributed by atoms with van der Waals surface area (Å²) in [6, 6.07) is 20.6. The Labute approximate surface area is 236 Å². The van der Waals surface area contributed by atoms with E-state index >= 15 is 0 Å². The average molecular weight is 555 g/mol. The standard InChI is InChI=1S/C31H30N4O6/c1-4-35(15-14-30(38)40-19-28(37)22-8-6-5-7-9-22)24-11-13-26(27(18-24)32-21(3)36)34-33-23-10-12-25-20(2)16-31(39)41-29(25)17-23/h5-13,16-18H,4,14-15,19H2,1-3H3,(H,32,36). The van der Waals surface area contributed by atoms with Crippen molar-refractivity contribution in [3.05, 3.63) is 94.3 Å². The van der Waals surface area contributed by atoms with Gasteiger partial charge in [0.25, 0.3) is 0 Å². The number of benzene rings is 3. The smallest absolute Gasteiger partial charge is 0.336 e. The Bertz CT molecular complexity index is 1660. The molecule has 1 N–H and O–H groups in total. The van der Waals surface area contributed by atoms with E-state index in [2.05, 4.69) is 15.5 Å². The molecular weight excluding hydrogens is 524 g/mol. The zero-order valence-corrected chi connectivity index (χ0v) is 23.0. The molecular formula is C31H30N4O6. The van der Waals surface area contributed by atoms with Crippen LogP contribution in [0.15, 0.2) is 92.2 Å². The van der Waals surface area contributed by atoms with E-state index < -0.39 is 11.6 Å². The van der Waals surface area contributed by atoms with Crippen molar-refractivity contribution < 1.29 is 23.5 Å². The number of esters is 1. The molecule has 10 heteroatoms. The summed E-state index contributed by atoms with van der Waals surface area (Å²) in [6.07, 6.45) is 0.0738. The molecule has 1 amide bonds. The Balaban J connectivity index is 1.45. The molecule has 0 atom stereocenters. The fraction of sp³-hybridized carbons (Fsp3) is 0.226. The van der Waals surface area contributed by atoms with Gasteiger partial charge in [0, 0.05) is 48.8 Å². The van der Waals surface area contributed by atoms with Gasteiger partial charge in [-0.3, -0.25) is 14.4 Å². The van der Waals surface area contributed by atoms with Crippen LogP contribution in [0.25, 0.3) is 11.0 Å². The topological polar surface area (TPSA) is 131 Å². The number of Topliss-reactive ketones (excluding diaryl/α,β-unsaturated/α-hetero) is 1. The summed E-state index contributed by atoms with van der Waals surface area (Å²) in [5.74, 6) is -1.03. The van der Waals surface area contributed by atoms with Crippen LogP contribution in [0.5, 0.6) is 0 Å². The summed E-state index contributed by atoms with van der Waals surface area (Å²) in [5.41, 5.74) is 3.35. The molecule has 1 aromatic heterocycles. The lowest BCUT2D eigenvalue weighted by Gasteiger charge is -2.23. The fourth-order valence-corrected chi connectivity index (χ4v) is 4.21. The third-order valence-electron chi connectivity index (χ3n) is 6.29. The molecule has 0 saturated carbocycles. The third-order valence-corrected chi connectivity index (χ3v) is 6.29. The summed E-state index contributed by atoms with van der Waals surface area (Å²) < 4.78 is 10.5. The van der Waals surface area contributed by atoms with Gasteiger partial charge in [-0.15, -0.1) is 5.11 Å². The summed E-state index contributed by atoms with van der Waals surface area (Å²) in [5, 5.41) is 12.2. The summed E-state index contributed by atoms with van der Waals surface area (Å²) in [4.78, 5) is 50.1. The second kappa shape index (κ2) is 13.3. The molecule has 0 unspecified atom stereocenters. The molecule has 4 aromatic rings. The van der Waals surface area contributed by atoms with Gasteiger partial charge < -0.3 is 19.4 Å². The van der Waals surface area contributed by atoms with Crippen molar-refractivity contribution in [2.75, 3.05) is 29.9 Å². The number of amides is 1. The molecule has 41 heavy (non-hydrogen) atoms. The van der Waals surface area contributed by atoms with Crippen molar-refractivity contribution in [2.45, 2.75) is 27.2 Å². The normalized spacial score (nSPS) is 11.0. The van der Waals surface area contributed by atoms with Crippen LogP contribution in [0.2, 0.25) is 0 Å². The van der Waals surface area contributed by atoms with Crippen LogP contribution in [0, 0.1) is 6.92 Å². The second-order valence-electron chi connectivity index (χ2n) is 9.29.